The van der Waals surface area contributed by atoms with Crippen molar-refractivity contribution in [1.29, 1.82) is 0 Å². The lowest BCUT2D eigenvalue weighted by atomic mass is 9.82. The summed E-state index contributed by atoms with van der Waals surface area (Å²) in [5, 5.41) is 13.9. The van der Waals surface area contributed by atoms with Crippen molar-refractivity contribution >= 4 is 0 Å². The average molecular weight is 233 g/mol. The molecule has 1 aliphatic heterocycles. The second-order valence-electron chi connectivity index (χ2n) is 6.11. The molecule has 1 saturated heterocycles. The Balaban J connectivity index is 2.23. The lowest BCUT2D eigenvalue weighted by molar-refractivity contribution is 0.00591. The van der Waals surface area contributed by atoms with Crippen molar-refractivity contribution in [2.45, 2.75) is 44.6 Å². The Morgan fingerprint density at radius 1 is 1.06 bits per heavy atom. The van der Waals surface area contributed by atoms with Crippen molar-refractivity contribution in [3.05, 3.63) is 35.4 Å². The largest absolute Gasteiger partial charge is 0.385 e. The number of piperidine rings is 1. The van der Waals surface area contributed by atoms with Crippen molar-refractivity contribution in [2.75, 3.05) is 13.1 Å². The minimum absolute atomic E-state index is 0.176. The van der Waals surface area contributed by atoms with Gasteiger partial charge in [0.2, 0.25) is 0 Å². The zero-order valence-electron chi connectivity index (χ0n) is 11.1. The normalized spacial score (nSPS) is 20.2. The van der Waals surface area contributed by atoms with E-state index in [1.165, 1.54) is 5.56 Å². The maximum atomic E-state index is 10.6. The Morgan fingerprint density at radius 3 is 2.06 bits per heavy atom. The first-order chi connectivity index (χ1) is 7.92. The van der Waals surface area contributed by atoms with Crippen LogP contribution in [0.25, 0.3) is 0 Å². The van der Waals surface area contributed by atoms with Crippen LogP contribution in [0, 0.1) is 0 Å². The zero-order valence-corrected chi connectivity index (χ0v) is 11.1. The van der Waals surface area contributed by atoms with Crippen LogP contribution >= 0.6 is 0 Å². The number of rotatable bonds is 1. The molecule has 0 bridgehead atoms. The second kappa shape index (κ2) is 4.43. The van der Waals surface area contributed by atoms with Crippen LogP contribution in [0.1, 0.15) is 44.7 Å². The summed E-state index contributed by atoms with van der Waals surface area (Å²) in [6, 6.07) is 8.47. The highest BCUT2D eigenvalue weighted by Gasteiger charge is 2.31. The van der Waals surface area contributed by atoms with Crippen molar-refractivity contribution in [3.63, 3.8) is 0 Å². The third kappa shape index (κ3) is 2.70. The SMILES string of the molecule is CC(C)(C)c1ccc(C2(O)CCNCC2)cc1. The Morgan fingerprint density at radius 2 is 1.59 bits per heavy atom. The highest BCUT2D eigenvalue weighted by Crippen LogP contribution is 2.32. The summed E-state index contributed by atoms with van der Waals surface area (Å²) in [4.78, 5) is 0. The average Bonchev–Trinajstić information content (AvgIpc) is 2.29. The predicted octanol–water partition coefficient (Wildman–Crippen LogP) is 2.56. The lowest BCUT2D eigenvalue weighted by Crippen LogP contribution is -2.39. The molecule has 0 aliphatic carbocycles. The van der Waals surface area contributed by atoms with E-state index in [9.17, 15) is 5.11 Å². The van der Waals surface area contributed by atoms with Crippen molar-refractivity contribution < 1.29 is 5.11 Å². The molecular weight excluding hydrogens is 210 g/mol. The number of hydrogen-bond acceptors (Lipinski definition) is 2. The van der Waals surface area contributed by atoms with E-state index in [2.05, 4.69) is 50.4 Å². The van der Waals surface area contributed by atoms with Gasteiger partial charge in [-0.2, -0.15) is 0 Å². The Labute approximate surface area is 104 Å². The van der Waals surface area contributed by atoms with Gasteiger partial charge in [-0.25, -0.2) is 0 Å². The quantitative estimate of drug-likeness (QED) is 0.781. The molecule has 1 heterocycles. The van der Waals surface area contributed by atoms with Crippen molar-refractivity contribution in [1.82, 2.24) is 5.32 Å². The molecule has 0 atom stereocenters. The van der Waals surface area contributed by atoms with Crippen LogP contribution in [-0.2, 0) is 11.0 Å². The van der Waals surface area contributed by atoms with Crippen LogP contribution in [0.3, 0.4) is 0 Å². The maximum Gasteiger partial charge on any atom is 0.0920 e. The molecule has 1 aromatic rings. The van der Waals surface area contributed by atoms with E-state index < -0.39 is 5.60 Å². The Bertz CT molecular complexity index is 369. The summed E-state index contributed by atoms with van der Waals surface area (Å²) in [7, 11) is 0. The molecule has 2 heteroatoms. The van der Waals surface area contributed by atoms with E-state index in [1.54, 1.807) is 0 Å². The van der Waals surface area contributed by atoms with Crippen LogP contribution in [-0.4, -0.2) is 18.2 Å². The van der Waals surface area contributed by atoms with Gasteiger partial charge in [0, 0.05) is 0 Å². The first kappa shape index (κ1) is 12.6. The van der Waals surface area contributed by atoms with E-state index in [1.807, 2.05) is 0 Å². The topological polar surface area (TPSA) is 32.3 Å². The van der Waals surface area contributed by atoms with Gasteiger partial charge in [-0.1, -0.05) is 45.0 Å². The maximum absolute atomic E-state index is 10.6. The van der Waals surface area contributed by atoms with Gasteiger partial charge in [0.05, 0.1) is 5.60 Å². The smallest absolute Gasteiger partial charge is 0.0920 e. The van der Waals surface area contributed by atoms with Gasteiger partial charge in [0.25, 0.3) is 0 Å². The number of benzene rings is 1. The van der Waals surface area contributed by atoms with E-state index in [0.717, 1.165) is 31.5 Å². The third-order valence-corrected chi connectivity index (χ3v) is 3.72. The van der Waals surface area contributed by atoms with Gasteiger partial charge in [0.1, 0.15) is 0 Å². The highest BCUT2D eigenvalue weighted by molar-refractivity contribution is 5.31. The molecule has 17 heavy (non-hydrogen) atoms. The highest BCUT2D eigenvalue weighted by atomic mass is 16.3. The third-order valence-electron chi connectivity index (χ3n) is 3.72. The van der Waals surface area contributed by atoms with Gasteiger partial charge in [-0.05, 0) is 42.5 Å². The molecule has 94 valence electrons. The van der Waals surface area contributed by atoms with Gasteiger partial charge in [0.15, 0.2) is 0 Å². The summed E-state index contributed by atoms with van der Waals surface area (Å²) in [6.07, 6.45) is 1.61. The molecule has 0 amide bonds. The molecule has 0 spiro atoms. The molecule has 0 aromatic heterocycles. The lowest BCUT2D eigenvalue weighted by Gasteiger charge is -2.33. The molecule has 2 N–H and O–H groups in total. The van der Waals surface area contributed by atoms with E-state index in [-0.39, 0.29) is 5.41 Å². The van der Waals surface area contributed by atoms with E-state index in [0.29, 0.717) is 0 Å². The number of hydrogen-bond donors (Lipinski definition) is 2. The van der Waals surface area contributed by atoms with Crippen molar-refractivity contribution in [2.24, 2.45) is 0 Å². The van der Waals surface area contributed by atoms with Crippen molar-refractivity contribution in [3.8, 4) is 0 Å². The van der Waals surface area contributed by atoms with Crippen LogP contribution in [0.4, 0.5) is 0 Å². The summed E-state index contributed by atoms with van der Waals surface area (Å²) >= 11 is 0. The summed E-state index contributed by atoms with van der Waals surface area (Å²) in [5.74, 6) is 0. The molecule has 0 unspecified atom stereocenters. The van der Waals surface area contributed by atoms with E-state index >= 15 is 0 Å². The number of nitrogens with one attached hydrogen (secondary N) is 1. The molecule has 1 fully saturated rings. The molecule has 0 saturated carbocycles. The van der Waals surface area contributed by atoms with Crippen LogP contribution in [0.2, 0.25) is 0 Å². The standard InChI is InChI=1S/C15H23NO/c1-14(2,3)12-4-6-13(7-5-12)15(17)8-10-16-11-9-15/h4-7,16-17H,8-11H2,1-3H3. The van der Waals surface area contributed by atoms with Gasteiger partial charge in [-0.3, -0.25) is 0 Å². The summed E-state index contributed by atoms with van der Waals surface area (Å²) in [6.45, 7) is 8.43. The Kier molecular flexibility index (Phi) is 3.28. The van der Waals surface area contributed by atoms with Gasteiger partial charge >= 0.3 is 0 Å². The van der Waals surface area contributed by atoms with Crippen LogP contribution < -0.4 is 5.32 Å². The van der Waals surface area contributed by atoms with E-state index in [4.69, 9.17) is 0 Å². The first-order valence-electron chi connectivity index (χ1n) is 6.46. The fraction of sp³-hybridized carbons (Fsp3) is 0.600. The Hall–Kier alpha value is -0.860. The zero-order chi connectivity index (χ0) is 12.5. The molecule has 1 aromatic carbocycles. The molecule has 0 radical (unpaired) electrons. The molecule has 1 aliphatic rings. The predicted molar refractivity (Wildman–Crippen MR) is 71.1 cm³/mol. The monoisotopic (exact) mass is 233 g/mol. The van der Waals surface area contributed by atoms with Gasteiger partial charge in [-0.15, -0.1) is 0 Å². The molecule has 2 rings (SSSR count). The fourth-order valence-corrected chi connectivity index (χ4v) is 2.41. The summed E-state index contributed by atoms with van der Waals surface area (Å²) in [5.41, 5.74) is 1.93. The van der Waals surface area contributed by atoms with Crippen LogP contribution in [0.5, 0.6) is 0 Å². The molecule has 2 nitrogen and oxygen atoms in total. The second-order valence-corrected chi connectivity index (χ2v) is 6.11. The first-order valence-corrected chi connectivity index (χ1v) is 6.46. The minimum atomic E-state index is -0.623. The van der Waals surface area contributed by atoms with Crippen LogP contribution in [0.15, 0.2) is 24.3 Å². The molecular formula is C15H23NO. The minimum Gasteiger partial charge on any atom is -0.385 e. The number of aliphatic hydroxyl groups is 1. The van der Waals surface area contributed by atoms with Gasteiger partial charge < -0.3 is 10.4 Å². The fourth-order valence-electron chi connectivity index (χ4n) is 2.41. The summed E-state index contributed by atoms with van der Waals surface area (Å²) < 4.78 is 0.